The zero-order valence-electron chi connectivity index (χ0n) is 17.6. The number of nitrogens with zero attached hydrogens (tertiary/aromatic N) is 3. The summed E-state index contributed by atoms with van der Waals surface area (Å²) in [6, 6.07) is 1.18. The molecule has 1 aromatic carbocycles. The molecule has 0 atom stereocenters. The Kier molecular flexibility index (Phi) is 9.30. The van der Waals surface area contributed by atoms with Gasteiger partial charge in [-0.25, -0.2) is 13.8 Å². The van der Waals surface area contributed by atoms with Crippen LogP contribution in [0.25, 0.3) is 0 Å². The standard InChI is InChI=1S/C17H19ClF3N5O5S.Na/c1-25-10-14(9-22-25)26(13-2-4-30-5-3-13)32(28,29)24-16(27)23-12-6-11(18)7-15(8-12)31-17(19,20)21;/h6-10,13H,2-5H2,1H3,(H2,23,24,27);. The molecule has 177 valence electrons. The van der Waals surface area contributed by atoms with Crippen LogP contribution in [-0.4, -0.2) is 79.4 Å². The summed E-state index contributed by atoms with van der Waals surface area (Å²) in [5.74, 6) is -0.678. The van der Waals surface area contributed by atoms with Crippen LogP contribution in [0.3, 0.4) is 0 Å². The van der Waals surface area contributed by atoms with Gasteiger partial charge in [-0.15, -0.1) is 13.2 Å². The summed E-state index contributed by atoms with van der Waals surface area (Å²) in [5, 5.41) is 5.96. The number of nitrogens with one attached hydrogen (secondary N) is 2. The van der Waals surface area contributed by atoms with Gasteiger partial charge >= 0.3 is 22.6 Å². The molecule has 0 aliphatic carbocycles. The number of carbonyl (C=O) groups excluding carboxylic acids is 1. The molecule has 0 unspecified atom stereocenters. The third-order valence-electron chi connectivity index (χ3n) is 4.31. The molecule has 1 saturated heterocycles. The minimum absolute atomic E-state index is 0. The molecular weight excluding hydrogens is 502 g/mol. The SMILES string of the molecule is Cn1cc(N(C2CCOCC2)S(=O)(=O)NC(=O)Nc2cc(Cl)cc(OC(F)(F)F)c2)cn1.[Na]. The van der Waals surface area contributed by atoms with Gasteiger partial charge in [0.15, 0.2) is 0 Å². The Morgan fingerprint density at radius 2 is 1.97 bits per heavy atom. The number of aryl methyl sites for hydroxylation is 1. The van der Waals surface area contributed by atoms with Crippen molar-refractivity contribution in [3.63, 3.8) is 0 Å². The number of benzene rings is 1. The van der Waals surface area contributed by atoms with Crippen molar-refractivity contribution in [3.05, 3.63) is 35.6 Å². The first-order valence-corrected chi connectivity index (χ1v) is 11.0. The van der Waals surface area contributed by atoms with E-state index in [0.717, 1.165) is 22.5 Å². The van der Waals surface area contributed by atoms with E-state index in [4.69, 9.17) is 16.3 Å². The van der Waals surface area contributed by atoms with Gasteiger partial charge in [0.2, 0.25) is 0 Å². The van der Waals surface area contributed by atoms with Crippen molar-refractivity contribution in [1.29, 1.82) is 0 Å². The van der Waals surface area contributed by atoms with Crippen LogP contribution in [0.1, 0.15) is 12.8 Å². The van der Waals surface area contributed by atoms with Crippen LogP contribution < -0.4 is 19.1 Å². The van der Waals surface area contributed by atoms with Crippen molar-refractivity contribution < 1.29 is 35.9 Å². The number of hydrogen-bond donors (Lipinski definition) is 2. The largest absolute Gasteiger partial charge is 0.573 e. The number of hydrogen-bond acceptors (Lipinski definition) is 6. The second-order valence-corrected chi connectivity index (χ2v) is 8.78. The number of anilines is 2. The summed E-state index contributed by atoms with van der Waals surface area (Å²) in [7, 11) is -2.80. The predicted octanol–water partition coefficient (Wildman–Crippen LogP) is 2.64. The van der Waals surface area contributed by atoms with Gasteiger partial charge < -0.3 is 14.8 Å². The summed E-state index contributed by atoms with van der Waals surface area (Å²) in [6.45, 7) is 0.682. The molecule has 1 fully saturated rings. The third kappa shape index (κ3) is 7.93. The first-order valence-electron chi connectivity index (χ1n) is 9.19. The number of halogens is 4. The molecule has 10 nitrogen and oxygen atoms in total. The van der Waals surface area contributed by atoms with Gasteiger partial charge in [-0.2, -0.15) is 13.5 Å². The maximum atomic E-state index is 13.0. The molecule has 33 heavy (non-hydrogen) atoms. The van der Waals surface area contributed by atoms with Crippen LogP contribution in [0, 0.1) is 0 Å². The zero-order chi connectivity index (χ0) is 23.5. The monoisotopic (exact) mass is 520 g/mol. The van der Waals surface area contributed by atoms with Crippen molar-refractivity contribution in [2.24, 2.45) is 7.05 Å². The average Bonchev–Trinajstić information content (AvgIpc) is 3.05. The smallest absolute Gasteiger partial charge is 0.406 e. The number of rotatable bonds is 6. The van der Waals surface area contributed by atoms with Gasteiger partial charge in [0.05, 0.1) is 17.9 Å². The number of carbonyl (C=O) groups is 1. The number of aromatic nitrogens is 2. The van der Waals surface area contributed by atoms with Crippen LogP contribution in [0.4, 0.5) is 29.3 Å². The molecule has 2 N–H and O–H groups in total. The number of alkyl halides is 3. The third-order valence-corrected chi connectivity index (χ3v) is 6.00. The topological polar surface area (TPSA) is 115 Å². The van der Waals surface area contributed by atoms with E-state index in [0.29, 0.717) is 26.1 Å². The minimum atomic E-state index is -4.97. The zero-order valence-corrected chi connectivity index (χ0v) is 21.2. The van der Waals surface area contributed by atoms with Crippen LogP contribution in [0.2, 0.25) is 5.02 Å². The average molecular weight is 521 g/mol. The van der Waals surface area contributed by atoms with Crippen molar-refractivity contribution >= 4 is 68.8 Å². The molecule has 2 aromatic rings. The summed E-state index contributed by atoms with van der Waals surface area (Å²) < 4.78 is 76.8. The fraction of sp³-hybridized carbons (Fsp3) is 0.412. The van der Waals surface area contributed by atoms with Crippen molar-refractivity contribution in [2.45, 2.75) is 25.2 Å². The van der Waals surface area contributed by atoms with Gasteiger partial charge in [0.1, 0.15) is 5.75 Å². The van der Waals surface area contributed by atoms with E-state index >= 15 is 0 Å². The maximum absolute atomic E-state index is 13.0. The number of amides is 2. The summed E-state index contributed by atoms with van der Waals surface area (Å²) in [5.41, 5.74) is 0.0340. The van der Waals surface area contributed by atoms with Crippen molar-refractivity contribution in [1.82, 2.24) is 14.5 Å². The van der Waals surface area contributed by atoms with E-state index in [9.17, 15) is 26.4 Å². The predicted molar refractivity (Wildman–Crippen MR) is 114 cm³/mol. The van der Waals surface area contributed by atoms with Gasteiger partial charge in [0, 0.05) is 72.8 Å². The summed E-state index contributed by atoms with van der Waals surface area (Å²) in [6.07, 6.45) is -1.37. The van der Waals surface area contributed by atoms with E-state index in [-0.39, 0.29) is 46.0 Å². The second-order valence-electron chi connectivity index (χ2n) is 6.80. The molecule has 1 aliphatic rings. The molecule has 1 aromatic heterocycles. The first kappa shape index (κ1) is 27.5. The van der Waals surface area contributed by atoms with E-state index in [1.165, 1.54) is 17.1 Å². The molecule has 1 aliphatic heterocycles. The molecule has 3 rings (SSSR count). The number of urea groups is 1. The molecule has 1 radical (unpaired) electrons. The summed E-state index contributed by atoms with van der Waals surface area (Å²) >= 11 is 5.76. The molecule has 16 heteroatoms. The van der Waals surface area contributed by atoms with Crippen LogP contribution in [0.15, 0.2) is 30.6 Å². The minimum Gasteiger partial charge on any atom is -0.406 e. The van der Waals surface area contributed by atoms with Crippen LogP contribution in [0.5, 0.6) is 5.75 Å². The van der Waals surface area contributed by atoms with Crippen LogP contribution in [-0.2, 0) is 22.0 Å². The summed E-state index contributed by atoms with van der Waals surface area (Å²) in [4.78, 5) is 12.4. The molecular formula is C17H19ClF3N5NaO5S. The molecule has 0 bridgehead atoms. The van der Waals surface area contributed by atoms with E-state index < -0.39 is 34.4 Å². The Morgan fingerprint density at radius 1 is 1.30 bits per heavy atom. The Morgan fingerprint density at radius 3 is 2.55 bits per heavy atom. The Labute approximate surface area is 214 Å². The Bertz CT molecular complexity index is 1080. The van der Waals surface area contributed by atoms with E-state index in [1.54, 1.807) is 7.05 Å². The number of ether oxygens (including phenoxy) is 2. The fourth-order valence-corrected chi connectivity index (χ4v) is 4.72. The van der Waals surface area contributed by atoms with E-state index in [1.807, 2.05) is 4.72 Å². The van der Waals surface area contributed by atoms with Gasteiger partial charge in [-0.1, -0.05) is 11.6 Å². The Hall–Kier alpha value is -1.71. The fourth-order valence-electron chi connectivity index (χ4n) is 3.14. The van der Waals surface area contributed by atoms with Gasteiger partial charge in [0.25, 0.3) is 0 Å². The molecule has 0 spiro atoms. The van der Waals surface area contributed by atoms with Gasteiger partial charge in [-0.3, -0.25) is 4.68 Å². The Balaban J connectivity index is 0.00000385. The first-order chi connectivity index (χ1) is 14.9. The normalized spacial score (nSPS) is 14.8. The van der Waals surface area contributed by atoms with E-state index in [2.05, 4.69) is 15.2 Å². The molecule has 2 amide bonds. The molecule has 2 heterocycles. The van der Waals surface area contributed by atoms with Crippen molar-refractivity contribution in [2.75, 3.05) is 22.8 Å². The van der Waals surface area contributed by atoms with Gasteiger partial charge in [-0.05, 0) is 25.0 Å². The second kappa shape index (κ2) is 11.1. The van der Waals surface area contributed by atoms with Crippen molar-refractivity contribution in [3.8, 4) is 5.75 Å². The van der Waals surface area contributed by atoms with Crippen LogP contribution >= 0.6 is 11.6 Å². The maximum Gasteiger partial charge on any atom is 0.573 e. The molecule has 0 saturated carbocycles. The quantitative estimate of drug-likeness (QED) is 0.566.